The van der Waals surface area contributed by atoms with Gasteiger partial charge in [0.05, 0.1) is 5.52 Å². The molecule has 2 nitrogen and oxygen atoms in total. The highest BCUT2D eigenvalue weighted by Gasteiger charge is 2.30. The molecule has 1 aliphatic rings. The van der Waals surface area contributed by atoms with Crippen LogP contribution in [0.25, 0.3) is 10.9 Å². The van der Waals surface area contributed by atoms with Gasteiger partial charge < -0.3 is 0 Å². The highest BCUT2D eigenvalue weighted by atomic mass is 16.1. The van der Waals surface area contributed by atoms with E-state index in [0.29, 0.717) is 17.6 Å². The molecule has 0 saturated heterocycles. The molecule has 110 valence electrons. The Labute approximate surface area is 126 Å². The van der Waals surface area contributed by atoms with Gasteiger partial charge in [0.1, 0.15) is 0 Å². The molecule has 0 aliphatic heterocycles. The minimum Gasteiger partial charge on any atom is -0.294 e. The maximum atomic E-state index is 13.0. The van der Waals surface area contributed by atoms with Crippen molar-refractivity contribution in [1.82, 2.24) is 4.98 Å². The molecule has 1 aromatic carbocycles. The summed E-state index contributed by atoms with van der Waals surface area (Å²) in [5.41, 5.74) is 2.72. The van der Waals surface area contributed by atoms with E-state index < -0.39 is 0 Å². The molecular formula is C19H23NO. The topological polar surface area (TPSA) is 30.0 Å². The van der Waals surface area contributed by atoms with Crippen LogP contribution >= 0.6 is 0 Å². The lowest BCUT2D eigenvalue weighted by Gasteiger charge is -2.30. The minimum atomic E-state index is 0.175. The number of rotatable bonds is 2. The predicted octanol–water partition coefficient (Wildman–Crippen LogP) is 4.80. The third-order valence-corrected chi connectivity index (χ3v) is 4.66. The summed E-state index contributed by atoms with van der Waals surface area (Å²) in [6.07, 6.45) is 3.30. The second-order valence-electron chi connectivity index (χ2n) is 6.81. The number of hydrogen-bond acceptors (Lipinski definition) is 2. The number of fused-ring (bicyclic) bond motifs is 1. The number of ketones is 1. The number of Topliss-reactive ketones (excluding diaryl/α,β-unsaturated/α-hetero) is 1. The van der Waals surface area contributed by atoms with Crippen molar-refractivity contribution >= 4 is 16.7 Å². The number of nitrogens with zero attached hydrogens (tertiary/aromatic N) is 1. The van der Waals surface area contributed by atoms with Crippen molar-refractivity contribution in [2.45, 2.75) is 40.0 Å². The fourth-order valence-corrected chi connectivity index (χ4v) is 3.89. The van der Waals surface area contributed by atoms with Gasteiger partial charge in [-0.3, -0.25) is 9.78 Å². The van der Waals surface area contributed by atoms with Gasteiger partial charge in [0, 0.05) is 22.6 Å². The SMILES string of the molecule is Cc1cc(C(=O)C2CC(C)CC(C)C2)c2ccccc2n1. The predicted molar refractivity (Wildman–Crippen MR) is 86.5 cm³/mol. The zero-order valence-corrected chi connectivity index (χ0v) is 13.1. The summed E-state index contributed by atoms with van der Waals surface area (Å²) < 4.78 is 0. The zero-order valence-electron chi connectivity index (χ0n) is 13.1. The monoisotopic (exact) mass is 281 g/mol. The fourth-order valence-electron chi connectivity index (χ4n) is 3.89. The van der Waals surface area contributed by atoms with E-state index in [1.165, 1.54) is 6.42 Å². The minimum absolute atomic E-state index is 0.175. The first-order valence-corrected chi connectivity index (χ1v) is 7.95. The normalized spacial score (nSPS) is 26.0. The van der Waals surface area contributed by atoms with Crippen LogP contribution in [0.2, 0.25) is 0 Å². The van der Waals surface area contributed by atoms with Gasteiger partial charge in [-0.1, -0.05) is 32.0 Å². The third kappa shape index (κ3) is 2.85. The average Bonchev–Trinajstić information content (AvgIpc) is 2.44. The second kappa shape index (κ2) is 5.59. The zero-order chi connectivity index (χ0) is 15.0. The molecule has 0 spiro atoms. The van der Waals surface area contributed by atoms with Gasteiger partial charge in [-0.2, -0.15) is 0 Å². The second-order valence-corrected chi connectivity index (χ2v) is 6.81. The molecule has 1 aliphatic carbocycles. The quantitative estimate of drug-likeness (QED) is 0.740. The standard InChI is InChI=1S/C19H23NO/c1-12-8-13(2)10-15(9-12)19(21)17-11-14(3)20-18-7-5-4-6-16(17)18/h4-7,11-13,15H,8-10H2,1-3H3. The van der Waals surface area contributed by atoms with Crippen LogP contribution in [0, 0.1) is 24.7 Å². The lowest BCUT2D eigenvalue weighted by molar-refractivity contribution is 0.0837. The molecule has 1 aromatic heterocycles. The maximum absolute atomic E-state index is 13.0. The molecule has 1 saturated carbocycles. The van der Waals surface area contributed by atoms with Crippen LogP contribution in [0.1, 0.15) is 49.2 Å². The fraction of sp³-hybridized carbons (Fsp3) is 0.474. The summed E-state index contributed by atoms with van der Waals surface area (Å²) in [5, 5.41) is 0.999. The Bertz CT molecular complexity index is 666. The molecule has 21 heavy (non-hydrogen) atoms. The van der Waals surface area contributed by atoms with E-state index >= 15 is 0 Å². The Balaban J connectivity index is 2.01. The van der Waals surface area contributed by atoms with Crippen LogP contribution in [-0.4, -0.2) is 10.8 Å². The van der Waals surface area contributed by atoms with Crippen LogP contribution in [0.4, 0.5) is 0 Å². The van der Waals surface area contributed by atoms with Gasteiger partial charge in [0.2, 0.25) is 0 Å². The first-order valence-electron chi connectivity index (χ1n) is 7.95. The molecule has 0 N–H and O–H groups in total. The van der Waals surface area contributed by atoms with Crippen molar-refractivity contribution in [2.75, 3.05) is 0 Å². The highest BCUT2D eigenvalue weighted by molar-refractivity contribution is 6.08. The van der Waals surface area contributed by atoms with E-state index in [-0.39, 0.29) is 5.92 Å². The summed E-state index contributed by atoms with van der Waals surface area (Å²) in [6, 6.07) is 9.95. The molecule has 3 rings (SSSR count). The van der Waals surface area contributed by atoms with Crippen LogP contribution in [0.5, 0.6) is 0 Å². The third-order valence-electron chi connectivity index (χ3n) is 4.66. The van der Waals surface area contributed by atoms with Crippen molar-refractivity contribution in [3.8, 4) is 0 Å². The molecular weight excluding hydrogens is 258 g/mol. The molecule has 0 radical (unpaired) electrons. The average molecular weight is 281 g/mol. The number of benzene rings is 1. The maximum Gasteiger partial charge on any atom is 0.166 e. The van der Waals surface area contributed by atoms with Crippen molar-refractivity contribution in [3.05, 3.63) is 41.6 Å². The van der Waals surface area contributed by atoms with Crippen molar-refractivity contribution in [2.24, 2.45) is 17.8 Å². The molecule has 2 aromatic rings. The van der Waals surface area contributed by atoms with Crippen LogP contribution in [0.15, 0.2) is 30.3 Å². The van der Waals surface area contributed by atoms with Gasteiger partial charge in [0.15, 0.2) is 5.78 Å². The molecule has 2 heteroatoms. The highest BCUT2D eigenvalue weighted by Crippen LogP contribution is 2.35. The van der Waals surface area contributed by atoms with Gasteiger partial charge in [-0.15, -0.1) is 0 Å². The summed E-state index contributed by atoms with van der Waals surface area (Å²) in [5.74, 6) is 1.79. The summed E-state index contributed by atoms with van der Waals surface area (Å²) >= 11 is 0. The van der Waals surface area contributed by atoms with E-state index in [1.54, 1.807) is 0 Å². The molecule has 1 fully saturated rings. The molecule has 2 atom stereocenters. The number of aromatic nitrogens is 1. The van der Waals surface area contributed by atoms with E-state index in [9.17, 15) is 4.79 Å². The van der Waals surface area contributed by atoms with Crippen molar-refractivity contribution in [3.63, 3.8) is 0 Å². The van der Waals surface area contributed by atoms with Gasteiger partial charge in [-0.05, 0) is 50.2 Å². The Morgan fingerprint density at radius 1 is 1.10 bits per heavy atom. The number of carbonyl (C=O) groups excluding carboxylic acids is 1. The van der Waals surface area contributed by atoms with E-state index in [0.717, 1.165) is 35.0 Å². The van der Waals surface area contributed by atoms with E-state index in [4.69, 9.17) is 0 Å². The number of hydrogen-bond donors (Lipinski definition) is 0. The Hall–Kier alpha value is -1.70. The smallest absolute Gasteiger partial charge is 0.166 e. The molecule has 2 unspecified atom stereocenters. The largest absolute Gasteiger partial charge is 0.294 e. The summed E-state index contributed by atoms with van der Waals surface area (Å²) in [4.78, 5) is 17.6. The summed E-state index contributed by atoms with van der Waals surface area (Å²) in [7, 11) is 0. The van der Waals surface area contributed by atoms with Gasteiger partial charge >= 0.3 is 0 Å². The molecule has 0 bridgehead atoms. The van der Waals surface area contributed by atoms with Crippen LogP contribution < -0.4 is 0 Å². The Kier molecular flexibility index (Phi) is 3.79. The van der Waals surface area contributed by atoms with E-state index in [2.05, 4.69) is 18.8 Å². The van der Waals surface area contributed by atoms with Crippen LogP contribution in [0.3, 0.4) is 0 Å². The lowest BCUT2D eigenvalue weighted by Crippen LogP contribution is -2.26. The first-order chi connectivity index (χ1) is 10.0. The number of carbonyl (C=O) groups is 1. The van der Waals surface area contributed by atoms with Gasteiger partial charge in [-0.25, -0.2) is 0 Å². The number of aryl methyl sites for hydroxylation is 1. The lowest BCUT2D eigenvalue weighted by atomic mass is 9.74. The number of para-hydroxylation sites is 1. The molecule has 0 amide bonds. The molecule has 1 heterocycles. The van der Waals surface area contributed by atoms with Crippen LogP contribution in [-0.2, 0) is 0 Å². The first kappa shape index (κ1) is 14.2. The Morgan fingerprint density at radius 3 is 2.48 bits per heavy atom. The number of pyridine rings is 1. The van der Waals surface area contributed by atoms with Crippen molar-refractivity contribution < 1.29 is 4.79 Å². The Morgan fingerprint density at radius 2 is 1.76 bits per heavy atom. The van der Waals surface area contributed by atoms with Crippen molar-refractivity contribution in [1.29, 1.82) is 0 Å². The van der Waals surface area contributed by atoms with Gasteiger partial charge in [0.25, 0.3) is 0 Å². The summed E-state index contributed by atoms with van der Waals surface area (Å²) in [6.45, 7) is 6.51. The van der Waals surface area contributed by atoms with E-state index in [1.807, 2.05) is 37.3 Å².